The fourth-order valence-corrected chi connectivity index (χ4v) is 4.29. The van der Waals surface area contributed by atoms with E-state index in [0.29, 0.717) is 6.04 Å². The highest BCUT2D eigenvalue weighted by Gasteiger charge is 2.28. The molecule has 0 amide bonds. The van der Waals surface area contributed by atoms with Gasteiger partial charge in [-0.3, -0.25) is 4.90 Å². The fraction of sp³-hybridized carbons (Fsp3) is 0.692. The van der Waals surface area contributed by atoms with Crippen molar-refractivity contribution in [1.29, 1.82) is 0 Å². The second kappa shape index (κ2) is 6.48. The van der Waals surface area contributed by atoms with Crippen LogP contribution >= 0.6 is 27.3 Å². The van der Waals surface area contributed by atoms with Gasteiger partial charge in [-0.2, -0.15) is 0 Å². The van der Waals surface area contributed by atoms with Crippen molar-refractivity contribution in [3.63, 3.8) is 0 Å². The molecule has 1 aliphatic rings. The fourth-order valence-electron chi connectivity index (χ4n) is 2.62. The van der Waals surface area contributed by atoms with E-state index in [9.17, 15) is 0 Å². The summed E-state index contributed by atoms with van der Waals surface area (Å²) in [6.07, 6.45) is 0. The first-order valence-electron chi connectivity index (χ1n) is 6.59. The molecule has 1 aromatic rings. The quantitative estimate of drug-likeness (QED) is 0.920. The molecule has 2 atom stereocenters. The maximum Gasteiger partial charge on any atom is 0.0702 e. The minimum atomic E-state index is 0.170. The molecule has 18 heavy (non-hydrogen) atoms. The van der Waals surface area contributed by atoms with Gasteiger partial charge in [-0.1, -0.05) is 6.92 Å². The molecule has 0 bridgehead atoms. The SMILES string of the molecule is CCN1CCN(C(c2ccc(Br)s2)C(C)N)CC1. The highest BCUT2D eigenvalue weighted by molar-refractivity contribution is 9.11. The average molecular weight is 332 g/mol. The molecule has 0 radical (unpaired) electrons. The predicted molar refractivity (Wildman–Crippen MR) is 82.1 cm³/mol. The normalized spacial score (nSPS) is 22.0. The van der Waals surface area contributed by atoms with Crippen LogP contribution in [0.5, 0.6) is 0 Å². The Morgan fingerprint density at radius 3 is 2.44 bits per heavy atom. The maximum absolute atomic E-state index is 6.21. The van der Waals surface area contributed by atoms with Gasteiger partial charge in [-0.25, -0.2) is 0 Å². The summed E-state index contributed by atoms with van der Waals surface area (Å²) in [5.74, 6) is 0. The molecule has 2 heterocycles. The lowest BCUT2D eigenvalue weighted by Gasteiger charge is -2.40. The van der Waals surface area contributed by atoms with Crippen LogP contribution in [-0.4, -0.2) is 48.6 Å². The number of rotatable bonds is 4. The molecule has 1 aliphatic heterocycles. The first kappa shape index (κ1) is 14.5. The number of thiophene rings is 1. The number of piperazine rings is 1. The van der Waals surface area contributed by atoms with Crippen molar-refractivity contribution in [2.45, 2.75) is 25.9 Å². The standard InChI is InChI=1S/C13H22BrN3S/c1-3-16-6-8-17(9-7-16)13(10(2)15)11-4-5-12(14)18-11/h4-5,10,13H,3,6-9,15H2,1-2H3. The molecule has 1 aromatic heterocycles. The minimum Gasteiger partial charge on any atom is -0.326 e. The van der Waals surface area contributed by atoms with Crippen LogP contribution in [-0.2, 0) is 0 Å². The number of hydrogen-bond donors (Lipinski definition) is 1. The van der Waals surface area contributed by atoms with Gasteiger partial charge in [0.2, 0.25) is 0 Å². The Kier molecular flexibility index (Phi) is 5.21. The van der Waals surface area contributed by atoms with Crippen molar-refractivity contribution in [1.82, 2.24) is 9.80 Å². The third-order valence-electron chi connectivity index (χ3n) is 3.63. The third kappa shape index (κ3) is 3.33. The number of likely N-dealkylation sites (N-methyl/N-ethyl adjacent to an activating group) is 1. The van der Waals surface area contributed by atoms with Crippen LogP contribution in [0.15, 0.2) is 15.9 Å². The van der Waals surface area contributed by atoms with Crippen LogP contribution in [0.4, 0.5) is 0 Å². The number of nitrogens with two attached hydrogens (primary N) is 1. The van der Waals surface area contributed by atoms with E-state index >= 15 is 0 Å². The number of hydrogen-bond acceptors (Lipinski definition) is 4. The van der Waals surface area contributed by atoms with E-state index in [1.54, 1.807) is 11.3 Å². The van der Waals surface area contributed by atoms with Gasteiger partial charge in [0.15, 0.2) is 0 Å². The molecule has 0 saturated carbocycles. The van der Waals surface area contributed by atoms with E-state index in [2.05, 4.69) is 51.7 Å². The van der Waals surface area contributed by atoms with Crippen molar-refractivity contribution < 1.29 is 0 Å². The highest BCUT2D eigenvalue weighted by Crippen LogP contribution is 2.32. The Hall–Kier alpha value is 0.0600. The maximum atomic E-state index is 6.21. The van der Waals surface area contributed by atoms with Crippen molar-refractivity contribution in [2.75, 3.05) is 32.7 Å². The zero-order valence-corrected chi connectivity index (χ0v) is 13.5. The molecule has 2 unspecified atom stereocenters. The van der Waals surface area contributed by atoms with Crippen LogP contribution in [0.2, 0.25) is 0 Å². The lowest BCUT2D eigenvalue weighted by molar-refractivity contribution is 0.0913. The van der Waals surface area contributed by atoms with Crippen molar-refractivity contribution in [3.05, 3.63) is 20.8 Å². The Bertz CT molecular complexity index is 372. The minimum absolute atomic E-state index is 0.170. The Labute approximate surface area is 122 Å². The Balaban J connectivity index is 2.07. The molecule has 5 heteroatoms. The molecular formula is C13H22BrN3S. The molecule has 0 spiro atoms. The van der Waals surface area contributed by atoms with Crippen molar-refractivity contribution in [3.8, 4) is 0 Å². The first-order valence-corrected chi connectivity index (χ1v) is 8.20. The van der Waals surface area contributed by atoms with Crippen molar-refractivity contribution >= 4 is 27.3 Å². The van der Waals surface area contributed by atoms with Crippen molar-refractivity contribution in [2.24, 2.45) is 5.73 Å². The molecular weight excluding hydrogens is 310 g/mol. The molecule has 2 N–H and O–H groups in total. The van der Waals surface area contributed by atoms with Gasteiger partial charge in [0.25, 0.3) is 0 Å². The summed E-state index contributed by atoms with van der Waals surface area (Å²) in [5, 5.41) is 0. The van der Waals surface area contributed by atoms with Gasteiger partial charge in [0, 0.05) is 37.1 Å². The summed E-state index contributed by atoms with van der Waals surface area (Å²) in [5.41, 5.74) is 6.21. The van der Waals surface area contributed by atoms with Crippen LogP contribution in [0.1, 0.15) is 24.8 Å². The lowest BCUT2D eigenvalue weighted by atomic mass is 10.1. The van der Waals surface area contributed by atoms with E-state index in [-0.39, 0.29) is 6.04 Å². The number of halogens is 1. The molecule has 1 fully saturated rings. The second-order valence-corrected chi connectivity index (χ2v) is 7.41. The summed E-state index contributed by atoms with van der Waals surface area (Å²) < 4.78 is 1.19. The summed E-state index contributed by atoms with van der Waals surface area (Å²) in [7, 11) is 0. The second-order valence-electron chi connectivity index (χ2n) is 4.92. The number of nitrogens with zero attached hydrogens (tertiary/aromatic N) is 2. The van der Waals surface area contributed by atoms with E-state index in [0.717, 1.165) is 32.7 Å². The molecule has 2 rings (SSSR count). The molecule has 1 saturated heterocycles. The summed E-state index contributed by atoms with van der Waals surface area (Å²) in [6, 6.07) is 4.86. The summed E-state index contributed by atoms with van der Waals surface area (Å²) in [4.78, 5) is 6.41. The zero-order valence-electron chi connectivity index (χ0n) is 11.1. The monoisotopic (exact) mass is 331 g/mol. The van der Waals surface area contributed by atoms with E-state index < -0.39 is 0 Å². The Morgan fingerprint density at radius 2 is 2.00 bits per heavy atom. The zero-order chi connectivity index (χ0) is 13.1. The first-order chi connectivity index (χ1) is 8.61. The van der Waals surface area contributed by atoms with Gasteiger partial charge >= 0.3 is 0 Å². The Morgan fingerprint density at radius 1 is 1.33 bits per heavy atom. The van der Waals surface area contributed by atoms with E-state index in [1.807, 2.05) is 0 Å². The smallest absolute Gasteiger partial charge is 0.0702 e. The summed E-state index contributed by atoms with van der Waals surface area (Å²) >= 11 is 5.35. The topological polar surface area (TPSA) is 32.5 Å². The van der Waals surface area contributed by atoms with Gasteiger partial charge in [0.1, 0.15) is 0 Å². The van der Waals surface area contributed by atoms with Crippen LogP contribution < -0.4 is 5.73 Å². The highest BCUT2D eigenvalue weighted by atomic mass is 79.9. The summed E-state index contributed by atoms with van der Waals surface area (Å²) in [6.45, 7) is 10.1. The lowest BCUT2D eigenvalue weighted by Crippen LogP contribution is -2.50. The molecule has 0 aromatic carbocycles. The molecule has 3 nitrogen and oxygen atoms in total. The molecule has 102 valence electrons. The average Bonchev–Trinajstić information content (AvgIpc) is 2.76. The van der Waals surface area contributed by atoms with Crippen LogP contribution in [0.25, 0.3) is 0 Å². The van der Waals surface area contributed by atoms with Crippen LogP contribution in [0.3, 0.4) is 0 Å². The van der Waals surface area contributed by atoms with Gasteiger partial charge < -0.3 is 10.6 Å². The van der Waals surface area contributed by atoms with E-state index in [4.69, 9.17) is 5.73 Å². The van der Waals surface area contributed by atoms with E-state index in [1.165, 1.54) is 8.66 Å². The van der Waals surface area contributed by atoms with Gasteiger partial charge in [-0.05, 0) is 41.5 Å². The third-order valence-corrected chi connectivity index (χ3v) is 5.33. The predicted octanol–water partition coefficient (Wildman–Crippen LogP) is 2.54. The van der Waals surface area contributed by atoms with Gasteiger partial charge in [0.05, 0.1) is 9.83 Å². The van der Waals surface area contributed by atoms with Gasteiger partial charge in [-0.15, -0.1) is 11.3 Å². The molecule has 0 aliphatic carbocycles. The van der Waals surface area contributed by atoms with Crippen LogP contribution in [0, 0.1) is 0 Å². The largest absolute Gasteiger partial charge is 0.326 e.